The maximum Gasteiger partial charge on any atom is 0.226 e. The van der Waals surface area contributed by atoms with Gasteiger partial charge in [0.15, 0.2) is 5.13 Å². The number of aryl methyl sites for hydroxylation is 1. The summed E-state index contributed by atoms with van der Waals surface area (Å²) in [4.78, 5) is 24.1. The van der Waals surface area contributed by atoms with E-state index in [0.29, 0.717) is 11.6 Å². The third-order valence-electron chi connectivity index (χ3n) is 3.96. The van der Waals surface area contributed by atoms with Crippen LogP contribution >= 0.6 is 11.3 Å². The molecule has 6 heteroatoms. The van der Waals surface area contributed by atoms with Gasteiger partial charge in [-0.05, 0) is 24.1 Å². The number of benzene rings is 1. The van der Waals surface area contributed by atoms with Gasteiger partial charge in [-0.1, -0.05) is 30.3 Å². The number of fused-ring (bicyclic) bond motifs is 1. The Kier molecular flexibility index (Phi) is 4.26. The van der Waals surface area contributed by atoms with Crippen molar-refractivity contribution >= 4 is 33.4 Å². The fourth-order valence-corrected chi connectivity index (χ4v) is 3.43. The molecule has 0 aliphatic heterocycles. The van der Waals surface area contributed by atoms with Crippen LogP contribution in [0.2, 0.25) is 0 Å². The van der Waals surface area contributed by atoms with Gasteiger partial charge in [0.1, 0.15) is 5.65 Å². The molecule has 0 bridgehead atoms. The Morgan fingerprint density at radius 3 is 2.92 bits per heavy atom. The van der Waals surface area contributed by atoms with E-state index in [9.17, 15) is 4.79 Å². The highest BCUT2D eigenvalue weighted by atomic mass is 32.1. The molecule has 0 spiro atoms. The summed E-state index contributed by atoms with van der Waals surface area (Å²) in [6.45, 7) is 0. The predicted molar refractivity (Wildman–Crippen MR) is 101 cm³/mol. The van der Waals surface area contributed by atoms with E-state index in [-0.39, 0.29) is 5.91 Å². The first kappa shape index (κ1) is 15.5. The quantitative estimate of drug-likeness (QED) is 0.566. The Hall–Kier alpha value is -2.99. The number of thiazole rings is 1. The third-order valence-corrected chi connectivity index (χ3v) is 4.72. The van der Waals surface area contributed by atoms with E-state index in [2.05, 4.69) is 20.3 Å². The van der Waals surface area contributed by atoms with Gasteiger partial charge in [-0.15, -0.1) is 11.3 Å². The predicted octanol–water partition coefficient (Wildman–Crippen LogP) is 4.26. The number of hydrogen-bond donors (Lipinski definition) is 2. The molecule has 0 fully saturated rings. The summed E-state index contributed by atoms with van der Waals surface area (Å²) in [7, 11) is 0. The number of H-pyrrole nitrogens is 1. The van der Waals surface area contributed by atoms with Crippen molar-refractivity contribution < 1.29 is 4.79 Å². The number of hydrogen-bond acceptors (Lipinski definition) is 4. The van der Waals surface area contributed by atoms with Crippen LogP contribution in [0.15, 0.2) is 60.2 Å². The second-order valence-electron chi connectivity index (χ2n) is 5.67. The lowest BCUT2D eigenvalue weighted by atomic mass is 10.1. The number of carbonyl (C=O) groups is 1. The van der Waals surface area contributed by atoms with E-state index in [1.54, 1.807) is 6.20 Å². The number of aromatic amines is 1. The Morgan fingerprint density at radius 2 is 2.04 bits per heavy atom. The number of nitrogens with zero attached hydrogens (tertiary/aromatic N) is 2. The molecule has 0 saturated carbocycles. The van der Waals surface area contributed by atoms with Crippen molar-refractivity contribution in [3.8, 4) is 11.3 Å². The second kappa shape index (κ2) is 6.86. The molecule has 5 nitrogen and oxygen atoms in total. The molecule has 0 aliphatic carbocycles. The molecule has 0 atom stereocenters. The summed E-state index contributed by atoms with van der Waals surface area (Å²) < 4.78 is 0. The molecular formula is C19H16N4OS. The van der Waals surface area contributed by atoms with Crippen molar-refractivity contribution in [1.82, 2.24) is 15.0 Å². The molecule has 124 valence electrons. The first-order chi connectivity index (χ1) is 12.3. The van der Waals surface area contributed by atoms with Gasteiger partial charge >= 0.3 is 0 Å². The lowest BCUT2D eigenvalue weighted by Gasteiger charge is -2.02. The number of carbonyl (C=O) groups excluding carboxylic acids is 1. The zero-order valence-corrected chi connectivity index (χ0v) is 14.2. The topological polar surface area (TPSA) is 70.7 Å². The van der Waals surface area contributed by atoms with E-state index in [1.807, 2.05) is 54.0 Å². The Balaban J connectivity index is 1.44. The van der Waals surface area contributed by atoms with Gasteiger partial charge in [-0.3, -0.25) is 4.79 Å². The van der Waals surface area contributed by atoms with Crippen LogP contribution in [0.25, 0.3) is 22.3 Å². The second-order valence-corrected chi connectivity index (χ2v) is 6.53. The molecule has 0 aliphatic rings. The third kappa shape index (κ3) is 3.44. The average molecular weight is 348 g/mol. The van der Waals surface area contributed by atoms with Crippen molar-refractivity contribution in [2.24, 2.45) is 0 Å². The fraction of sp³-hybridized carbons (Fsp3) is 0.105. The van der Waals surface area contributed by atoms with Crippen LogP contribution in [0.1, 0.15) is 12.0 Å². The minimum atomic E-state index is -0.0228. The minimum absolute atomic E-state index is 0.0228. The number of nitrogens with one attached hydrogen (secondary N) is 2. The number of rotatable bonds is 5. The van der Waals surface area contributed by atoms with Gasteiger partial charge in [-0.2, -0.15) is 0 Å². The van der Waals surface area contributed by atoms with Gasteiger partial charge in [-0.25, -0.2) is 9.97 Å². The summed E-state index contributed by atoms with van der Waals surface area (Å²) in [6.07, 6.45) is 4.81. The smallest absolute Gasteiger partial charge is 0.226 e. The summed E-state index contributed by atoms with van der Waals surface area (Å²) in [5.74, 6) is -0.0228. The van der Waals surface area contributed by atoms with Gasteiger partial charge in [0.05, 0.1) is 5.69 Å². The monoisotopic (exact) mass is 348 g/mol. The highest BCUT2D eigenvalue weighted by Gasteiger charge is 2.12. The average Bonchev–Trinajstić information content (AvgIpc) is 3.27. The maximum absolute atomic E-state index is 12.1. The maximum atomic E-state index is 12.1. The summed E-state index contributed by atoms with van der Waals surface area (Å²) in [5, 5.41) is 6.47. The Labute approximate surface area is 148 Å². The highest BCUT2D eigenvalue weighted by molar-refractivity contribution is 7.14. The Bertz CT molecular complexity index is 1010. The van der Waals surface area contributed by atoms with E-state index >= 15 is 0 Å². The van der Waals surface area contributed by atoms with Crippen LogP contribution < -0.4 is 5.32 Å². The molecule has 3 aromatic heterocycles. The van der Waals surface area contributed by atoms with E-state index < -0.39 is 0 Å². The summed E-state index contributed by atoms with van der Waals surface area (Å²) in [6, 6.07) is 13.9. The van der Waals surface area contributed by atoms with Gasteiger partial charge in [0.25, 0.3) is 0 Å². The normalized spacial score (nSPS) is 10.9. The van der Waals surface area contributed by atoms with E-state index in [1.165, 1.54) is 11.3 Å². The van der Waals surface area contributed by atoms with Crippen LogP contribution in [0.5, 0.6) is 0 Å². The van der Waals surface area contributed by atoms with Crippen molar-refractivity contribution in [2.75, 3.05) is 5.32 Å². The van der Waals surface area contributed by atoms with Crippen LogP contribution in [0, 0.1) is 0 Å². The molecule has 1 amide bonds. The van der Waals surface area contributed by atoms with Crippen molar-refractivity contribution in [3.05, 3.63) is 65.8 Å². The Morgan fingerprint density at radius 1 is 1.16 bits per heavy atom. The molecule has 0 unspecified atom stereocenters. The molecule has 3 heterocycles. The molecular weight excluding hydrogens is 332 g/mol. The fourth-order valence-electron chi connectivity index (χ4n) is 2.71. The molecule has 0 radical (unpaired) electrons. The van der Waals surface area contributed by atoms with E-state index in [0.717, 1.165) is 34.3 Å². The van der Waals surface area contributed by atoms with Gasteiger partial charge in [0, 0.05) is 35.1 Å². The van der Waals surface area contributed by atoms with Crippen LogP contribution in [0.3, 0.4) is 0 Å². The summed E-state index contributed by atoms with van der Waals surface area (Å²) in [5.41, 5.74) is 3.81. The molecule has 4 aromatic rings. The standard InChI is InChI=1S/C19H16N4OS/c24-17(9-8-13-5-2-1-3-6-13)23-19-22-16(12-25-19)15-11-21-18-14(15)7-4-10-20-18/h1-7,10-12H,8-9H2,(H,20,21)(H,22,23,24). The number of aromatic nitrogens is 3. The largest absolute Gasteiger partial charge is 0.345 e. The molecule has 2 N–H and O–H groups in total. The molecule has 1 aromatic carbocycles. The van der Waals surface area contributed by atoms with Gasteiger partial charge < -0.3 is 10.3 Å². The van der Waals surface area contributed by atoms with Crippen LogP contribution in [-0.4, -0.2) is 20.9 Å². The SMILES string of the molecule is O=C(CCc1ccccc1)Nc1nc(-c2c[nH]c3ncccc23)cs1. The zero-order valence-electron chi connectivity index (χ0n) is 13.4. The van der Waals surface area contributed by atoms with Gasteiger partial charge in [0.2, 0.25) is 5.91 Å². The highest BCUT2D eigenvalue weighted by Crippen LogP contribution is 2.30. The molecule has 4 rings (SSSR count). The number of amides is 1. The zero-order chi connectivity index (χ0) is 17.1. The van der Waals surface area contributed by atoms with Crippen LogP contribution in [0.4, 0.5) is 5.13 Å². The van der Waals surface area contributed by atoms with Crippen LogP contribution in [-0.2, 0) is 11.2 Å². The molecule has 25 heavy (non-hydrogen) atoms. The molecule has 0 saturated heterocycles. The first-order valence-electron chi connectivity index (χ1n) is 8.01. The summed E-state index contributed by atoms with van der Waals surface area (Å²) >= 11 is 1.43. The number of anilines is 1. The van der Waals surface area contributed by atoms with Crippen molar-refractivity contribution in [2.45, 2.75) is 12.8 Å². The number of pyridine rings is 1. The first-order valence-corrected chi connectivity index (χ1v) is 8.89. The van der Waals surface area contributed by atoms with E-state index in [4.69, 9.17) is 0 Å². The lowest BCUT2D eigenvalue weighted by Crippen LogP contribution is -2.12. The minimum Gasteiger partial charge on any atom is -0.345 e. The van der Waals surface area contributed by atoms with Crippen molar-refractivity contribution in [1.29, 1.82) is 0 Å². The lowest BCUT2D eigenvalue weighted by molar-refractivity contribution is -0.116. The van der Waals surface area contributed by atoms with Crippen molar-refractivity contribution in [3.63, 3.8) is 0 Å².